The van der Waals surface area contributed by atoms with Gasteiger partial charge in [0.2, 0.25) is 5.91 Å². The van der Waals surface area contributed by atoms with Crippen molar-refractivity contribution < 1.29 is 14.3 Å². The van der Waals surface area contributed by atoms with Gasteiger partial charge in [0.05, 0.1) is 25.6 Å². The average molecular weight is 529 g/mol. The highest BCUT2D eigenvalue weighted by Crippen LogP contribution is 2.45. The van der Waals surface area contributed by atoms with Crippen LogP contribution in [0, 0.1) is 0 Å². The first kappa shape index (κ1) is 25.5. The number of piperidine rings is 1. The van der Waals surface area contributed by atoms with E-state index in [-0.39, 0.29) is 11.9 Å². The molecule has 11 heteroatoms. The zero-order valence-corrected chi connectivity index (χ0v) is 21.4. The van der Waals surface area contributed by atoms with Crippen LogP contribution in [0.4, 0.5) is 17.3 Å². The Balaban J connectivity index is 1.65. The molecule has 1 atom stereocenters. The number of nitrogens with one attached hydrogen (secondary N) is 2. The number of nitrogens with zero attached hydrogens (tertiary/aromatic N) is 4. The van der Waals surface area contributed by atoms with Crippen molar-refractivity contribution in [3.8, 4) is 22.8 Å². The molecule has 0 radical (unpaired) electrons. The van der Waals surface area contributed by atoms with Crippen molar-refractivity contribution in [1.29, 1.82) is 0 Å². The minimum Gasteiger partial charge on any atom is -0.495 e. The number of methoxy groups -OCH3 is 2. The number of hydrogen-bond donors (Lipinski definition) is 2. The van der Waals surface area contributed by atoms with Gasteiger partial charge >= 0.3 is 0 Å². The van der Waals surface area contributed by atoms with Gasteiger partial charge in [-0.25, -0.2) is 15.0 Å². The van der Waals surface area contributed by atoms with Gasteiger partial charge in [-0.3, -0.25) is 4.79 Å². The summed E-state index contributed by atoms with van der Waals surface area (Å²) in [5.41, 5.74) is 1.79. The molecule has 9 nitrogen and oxygen atoms in total. The fourth-order valence-corrected chi connectivity index (χ4v) is 4.65. The van der Waals surface area contributed by atoms with Crippen molar-refractivity contribution in [3.63, 3.8) is 0 Å². The molecule has 1 aliphatic heterocycles. The van der Waals surface area contributed by atoms with Gasteiger partial charge in [0.25, 0.3) is 0 Å². The molecule has 2 aromatic heterocycles. The van der Waals surface area contributed by atoms with E-state index < -0.39 is 0 Å². The van der Waals surface area contributed by atoms with E-state index in [1.165, 1.54) is 26.6 Å². The molecule has 1 unspecified atom stereocenters. The zero-order valence-electron chi connectivity index (χ0n) is 19.9. The molecular weight excluding hydrogens is 503 g/mol. The number of carbonyl (C=O) groups is 1. The van der Waals surface area contributed by atoms with Crippen LogP contribution in [-0.2, 0) is 4.79 Å². The van der Waals surface area contributed by atoms with Gasteiger partial charge < -0.3 is 25.0 Å². The van der Waals surface area contributed by atoms with Crippen LogP contribution in [0.2, 0.25) is 10.0 Å². The topological polar surface area (TPSA) is 102 Å². The number of rotatable bonds is 8. The quantitative estimate of drug-likeness (QED) is 0.399. The summed E-state index contributed by atoms with van der Waals surface area (Å²) in [6, 6.07) is 7.25. The molecule has 0 bridgehead atoms. The van der Waals surface area contributed by atoms with Crippen molar-refractivity contribution in [2.75, 3.05) is 37.5 Å². The lowest BCUT2D eigenvalue weighted by Crippen LogP contribution is -2.47. The maximum Gasteiger partial charge on any atom is 0.243 e. The lowest BCUT2D eigenvalue weighted by molar-refractivity contribution is -0.117. The first-order valence-electron chi connectivity index (χ1n) is 11.3. The number of aromatic nitrogens is 3. The molecule has 0 saturated carbocycles. The highest BCUT2D eigenvalue weighted by molar-refractivity contribution is 6.41. The normalized spacial score (nSPS) is 15.2. The summed E-state index contributed by atoms with van der Waals surface area (Å²) in [4.78, 5) is 27.3. The third-order valence-electron chi connectivity index (χ3n) is 5.83. The Morgan fingerprint density at radius 3 is 2.61 bits per heavy atom. The molecule has 3 aromatic rings. The van der Waals surface area contributed by atoms with Crippen molar-refractivity contribution >= 4 is 46.4 Å². The number of ether oxygens (including phenoxy) is 2. The Bertz CT molecular complexity index is 1240. The number of carbonyl (C=O) groups excluding carboxylic acids is 1. The Hall–Kier alpha value is -3.56. The smallest absolute Gasteiger partial charge is 0.243 e. The van der Waals surface area contributed by atoms with E-state index >= 15 is 0 Å². The summed E-state index contributed by atoms with van der Waals surface area (Å²) < 4.78 is 10.7. The van der Waals surface area contributed by atoms with E-state index in [9.17, 15) is 4.79 Å². The summed E-state index contributed by atoms with van der Waals surface area (Å²) >= 11 is 13.1. The number of benzene rings is 1. The zero-order chi connectivity index (χ0) is 25.7. The van der Waals surface area contributed by atoms with Gasteiger partial charge in [-0.15, -0.1) is 0 Å². The first-order chi connectivity index (χ1) is 17.4. The van der Waals surface area contributed by atoms with Crippen LogP contribution in [0.5, 0.6) is 11.5 Å². The molecule has 3 heterocycles. The van der Waals surface area contributed by atoms with Crippen molar-refractivity contribution in [3.05, 3.63) is 59.5 Å². The Morgan fingerprint density at radius 1 is 1.17 bits per heavy atom. The second-order valence-corrected chi connectivity index (χ2v) is 8.82. The van der Waals surface area contributed by atoms with Crippen LogP contribution in [0.25, 0.3) is 11.3 Å². The maximum atomic E-state index is 11.8. The van der Waals surface area contributed by atoms with Crippen LogP contribution in [0.1, 0.15) is 12.8 Å². The van der Waals surface area contributed by atoms with E-state index in [0.29, 0.717) is 45.3 Å². The number of amides is 1. The Kier molecular flexibility index (Phi) is 8.12. The molecular formula is C25H26Cl2N6O3. The van der Waals surface area contributed by atoms with Crippen LogP contribution in [0.3, 0.4) is 0 Å². The Morgan fingerprint density at radius 2 is 1.92 bits per heavy atom. The maximum absolute atomic E-state index is 11.8. The molecule has 0 aliphatic carbocycles. The van der Waals surface area contributed by atoms with E-state index in [4.69, 9.17) is 32.7 Å². The van der Waals surface area contributed by atoms with Gasteiger partial charge in [0.15, 0.2) is 0 Å². The highest BCUT2D eigenvalue weighted by Gasteiger charge is 2.23. The van der Waals surface area contributed by atoms with Gasteiger partial charge in [0.1, 0.15) is 39.5 Å². The van der Waals surface area contributed by atoms with Crippen molar-refractivity contribution in [2.24, 2.45) is 0 Å². The Labute approximate surface area is 219 Å². The number of anilines is 3. The SMILES string of the molecule is C=CC(=O)NC1CCCN(c2cc(-c3cccnc3Nc3c(Cl)c(OC)cc(OC)c3Cl)ncn2)C1. The average Bonchev–Trinajstić information content (AvgIpc) is 2.91. The minimum absolute atomic E-state index is 0.0191. The fourth-order valence-electron chi connectivity index (χ4n) is 4.06. The van der Waals surface area contributed by atoms with Crippen LogP contribution < -0.4 is 25.0 Å². The molecule has 2 N–H and O–H groups in total. The highest BCUT2D eigenvalue weighted by atomic mass is 35.5. The summed E-state index contributed by atoms with van der Waals surface area (Å²) in [7, 11) is 3.03. The summed E-state index contributed by atoms with van der Waals surface area (Å²) in [6.45, 7) is 4.99. The molecule has 4 rings (SSSR count). The molecule has 36 heavy (non-hydrogen) atoms. The molecule has 1 aromatic carbocycles. The number of halogens is 2. The largest absolute Gasteiger partial charge is 0.495 e. The summed E-state index contributed by atoms with van der Waals surface area (Å²) in [5.74, 6) is 1.89. The molecule has 1 amide bonds. The summed E-state index contributed by atoms with van der Waals surface area (Å²) in [6.07, 6.45) is 6.29. The molecule has 188 valence electrons. The van der Waals surface area contributed by atoms with Gasteiger partial charge in [-0.2, -0.15) is 0 Å². The molecule has 0 spiro atoms. The molecule has 1 fully saturated rings. The van der Waals surface area contributed by atoms with Crippen molar-refractivity contribution in [2.45, 2.75) is 18.9 Å². The third kappa shape index (κ3) is 5.47. The second kappa shape index (κ2) is 11.5. The number of hydrogen-bond acceptors (Lipinski definition) is 8. The van der Waals surface area contributed by atoms with Crippen LogP contribution in [-0.4, -0.2) is 54.2 Å². The summed E-state index contributed by atoms with van der Waals surface area (Å²) in [5, 5.41) is 6.79. The third-order valence-corrected chi connectivity index (χ3v) is 6.58. The fraction of sp³-hybridized carbons (Fsp3) is 0.280. The first-order valence-corrected chi connectivity index (χ1v) is 12.0. The standard InChI is InChI=1S/C25H26Cl2N6O3/c1-4-21(34)31-15-7-6-10-33(13-15)20-11-17(29-14-30-20)16-8-5-9-28-25(16)32-24-22(26)18(35-2)12-19(36-3)23(24)27/h4-5,8-9,11-12,14-15H,1,6-7,10,13H2,2-3H3,(H,28,32)(H,31,34). The predicted octanol–water partition coefficient (Wildman–Crippen LogP) is 4.88. The molecule has 1 saturated heterocycles. The number of pyridine rings is 1. The van der Waals surface area contributed by atoms with Crippen LogP contribution >= 0.6 is 23.2 Å². The predicted molar refractivity (Wildman–Crippen MR) is 142 cm³/mol. The monoisotopic (exact) mass is 528 g/mol. The minimum atomic E-state index is -0.178. The lowest BCUT2D eigenvalue weighted by atomic mass is 10.1. The van der Waals surface area contributed by atoms with E-state index in [1.54, 1.807) is 12.3 Å². The van der Waals surface area contributed by atoms with Gasteiger partial charge in [-0.05, 0) is 31.1 Å². The van der Waals surface area contributed by atoms with E-state index in [0.717, 1.165) is 30.8 Å². The van der Waals surface area contributed by atoms with Crippen molar-refractivity contribution in [1.82, 2.24) is 20.3 Å². The van der Waals surface area contributed by atoms with E-state index in [1.807, 2.05) is 18.2 Å². The van der Waals surface area contributed by atoms with Crippen LogP contribution in [0.15, 0.2) is 49.4 Å². The second-order valence-electron chi connectivity index (χ2n) is 8.07. The van der Waals surface area contributed by atoms with Gasteiger partial charge in [-0.1, -0.05) is 29.8 Å². The lowest BCUT2D eigenvalue weighted by Gasteiger charge is -2.33. The van der Waals surface area contributed by atoms with Gasteiger partial charge in [0, 0.05) is 43.0 Å². The molecule has 1 aliphatic rings. The van der Waals surface area contributed by atoms with E-state index in [2.05, 4.69) is 37.1 Å².